The van der Waals surface area contributed by atoms with Crippen LogP contribution in [0.5, 0.6) is 0 Å². The molecule has 2 aliphatic heterocycles. The lowest BCUT2D eigenvalue weighted by Crippen LogP contribution is -2.42. The SMILES string of the molecule is O=C1c2ccccc2C(=O)N1CCN1C(=O)CCc2cc([N+](=O)[O-])ccc21. The molecular weight excluding hydrogens is 350 g/mol. The Morgan fingerprint density at radius 1 is 0.889 bits per heavy atom. The van der Waals surface area contributed by atoms with E-state index in [1.807, 2.05) is 0 Å². The average Bonchev–Trinajstić information content (AvgIpc) is 2.91. The Balaban J connectivity index is 1.56. The molecule has 2 heterocycles. The Morgan fingerprint density at radius 2 is 1.52 bits per heavy atom. The van der Waals surface area contributed by atoms with Gasteiger partial charge in [-0.15, -0.1) is 0 Å². The van der Waals surface area contributed by atoms with Gasteiger partial charge in [0.05, 0.1) is 16.1 Å². The van der Waals surface area contributed by atoms with Crippen LogP contribution in [0.25, 0.3) is 0 Å². The molecule has 0 spiro atoms. The number of amides is 3. The van der Waals surface area contributed by atoms with E-state index >= 15 is 0 Å². The molecule has 27 heavy (non-hydrogen) atoms. The number of carbonyl (C=O) groups excluding carboxylic acids is 3. The monoisotopic (exact) mass is 365 g/mol. The molecule has 0 bridgehead atoms. The summed E-state index contributed by atoms with van der Waals surface area (Å²) in [5.74, 6) is -0.874. The lowest BCUT2D eigenvalue weighted by atomic mass is 10.0. The first kappa shape index (κ1) is 16.9. The summed E-state index contributed by atoms with van der Waals surface area (Å²) in [6.45, 7) is 0.212. The molecule has 2 aliphatic rings. The van der Waals surface area contributed by atoms with E-state index < -0.39 is 4.92 Å². The van der Waals surface area contributed by atoms with E-state index in [0.717, 1.165) is 4.90 Å². The quantitative estimate of drug-likeness (QED) is 0.469. The van der Waals surface area contributed by atoms with Crippen molar-refractivity contribution in [3.05, 3.63) is 69.3 Å². The van der Waals surface area contributed by atoms with Crippen molar-refractivity contribution in [3.8, 4) is 0 Å². The molecule has 3 amide bonds. The van der Waals surface area contributed by atoms with Crippen molar-refractivity contribution in [2.75, 3.05) is 18.0 Å². The minimum atomic E-state index is -0.472. The van der Waals surface area contributed by atoms with Crippen LogP contribution in [0.4, 0.5) is 11.4 Å². The van der Waals surface area contributed by atoms with Gasteiger partial charge in [0.1, 0.15) is 0 Å². The average molecular weight is 365 g/mol. The molecule has 0 fully saturated rings. The summed E-state index contributed by atoms with van der Waals surface area (Å²) >= 11 is 0. The topological polar surface area (TPSA) is 101 Å². The number of nitrogens with zero attached hydrogens (tertiary/aromatic N) is 3. The minimum absolute atomic E-state index is 0.0246. The Labute approximate surface area is 154 Å². The molecule has 2 aromatic rings. The van der Waals surface area contributed by atoms with Gasteiger partial charge in [0, 0.05) is 37.3 Å². The molecule has 0 unspecified atom stereocenters. The van der Waals surface area contributed by atoms with Crippen molar-refractivity contribution < 1.29 is 19.3 Å². The Bertz CT molecular complexity index is 966. The van der Waals surface area contributed by atoms with Crippen LogP contribution in [0.1, 0.15) is 32.7 Å². The standard InChI is InChI=1S/C19H15N3O5/c23-17-8-5-12-11-13(22(26)27)6-7-16(12)20(17)9-10-21-18(24)14-3-1-2-4-15(14)19(21)25/h1-4,6-7,11H,5,8-10H2. The molecule has 0 N–H and O–H groups in total. The van der Waals surface area contributed by atoms with Crippen LogP contribution >= 0.6 is 0 Å². The fourth-order valence-corrected chi connectivity index (χ4v) is 3.55. The highest BCUT2D eigenvalue weighted by atomic mass is 16.6. The number of hydrogen-bond acceptors (Lipinski definition) is 5. The van der Waals surface area contributed by atoms with Gasteiger partial charge in [0.25, 0.3) is 17.5 Å². The van der Waals surface area contributed by atoms with Crippen molar-refractivity contribution in [3.63, 3.8) is 0 Å². The zero-order valence-electron chi connectivity index (χ0n) is 14.3. The molecule has 0 atom stereocenters. The normalized spacial score (nSPS) is 15.8. The fraction of sp³-hybridized carbons (Fsp3) is 0.211. The van der Waals surface area contributed by atoms with Gasteiger partial charge < -0.3 is 4.90 Å². The Kier molecular flexibility index (Phi) is 3.95. The smallest absolute Gasteiger partial charge is 0.269 e. The van der Waals surface area contributed by atoms with Crippen LogP contribution in [0.3, 0.4) is 0 Å². The number of rotatable bonds is 4. The third kappa shape index (κ3) is 2.75. The van der Waals surface area contributed by atoms with Crippen LogP contribution in [0.15, 0.2) is 42.5 Å². The minimum Gasteiger partial charge on any atom is -0.310 e. The summed E-state index contributed by atoms with van der Waals surface area (Å²) in [7, 11) is 0. The molecule has 8 heteroatoms. The van der Waals surface area contributed by atoms with E-state index in [4.69, 9.17) is 0 Å². The number of nitro benzene ring substituents is 1. The van der Waals surface area contributed by atoms with Crippen LogP contribution in [-0.2, 0) is 11.2 Å². The third-order valence-corrected chi connectivity index (χ3v) is 4.90. The maximum Gasteiger partial charge on any atom is 0.269 e. The van der Waals surface area contributed by atoms with Crippen LogP contribution in [-0.4, -0.2) is 40.6 Å². The number of nitro groups is 1. The van der Waals surface area contributed by atoms with Crippen LogP contribution < -0.4 is 4.90 Å². The van der Waals surface area contributed by atoms with E-state index in [0.29, 0.717) is 28.8 Å². The molecule has 0 saturated heterocycles. The number of carbonyl (C=O) groups is 3. The number of fused-ring (bicyclic) bond motifs is 2. The molecule has 0 aliphatic carbocycles. The first-order chi connectivity index (χ1) is 13.0. The maximum absolute atomic E-state index is 12.5. The molecule has 8 nitrogen and oxygen atoms in total. The van der Waals surface area contributed by atoms with Gasteiger partial charge in [0.15, 0.2) is 0 Å². The fourth-order valence-electron chi connectivity index (χ4n) is 3.55. The predicted octanol–water partition coefficient (Wildman–Crippen LogP) is 2.17. The molecule has 136 valence electrons. The first-order valence-electron chi connectivity index (χ1n) is 8.50. The molecule has 4 rings (SSSR count). The summed E-state index contributed by atoms with van der Waals surface area (Å²) in [5.41, 5.74) is 2.01. The summed E-state index contributed by atoms with van der Waals surface area (Å²) in [6.07, 6.45) is 0.662. The zero-order valence-corrected chi connectivity index (χ0v) is 14.3. The third-order valence-electron chi connectivity index (χ3n) is 4.90. The van der Waals surface area contributed by atoms with E-state index in [-0.39, 0.29) is 42.9 Å². The number of non-ortho nitro benzene ring substituents is 1. The molecule has 0 saturated carbocycles. The largest absolute Gasteiger partial charge is 0.310 e. The van der Waals surface area contributed by atoms with E-state index in [9.17, 15) is 24.5 Å². The van der Waals surface area contributed by atoms with E-state index in [2.05, 4.69) is 0 Å². The highest BCUT2D eigenvalue weighted by Gasteiger charge is 2.36. The summed E-state index contributed by atoms with van der Waals surface area (Å²) in [6, 6.07) is 11.0. The predicted molar refractivity (Wildman–Crippen MR) is 95.6 cm³/mol. The molecular formula is C19H15N3O5. The van der Waals surface area contributed by atoms with Crippen LogP contribution in [0, 0.1) is 10.1 Å². The van der Waals surface area contributed by atoms with Crippen molar-refractivity contribution in [1.82, 2.24) is 4.90 Å². The second-order valence-electron chi connectivity index (χ2n) is 6.42. The number of benzene rings is 2. The first-order valence-corrected chi connectivity index (χ1v) is 8.50. The van der Waals surface area contributed by atoms with Gasteiger partial charge in [-0.05, 0) is 30.2 Å². The highest BCUT2D eigenvalue weighted by Crippen LogP contribution is 2.31. The lowest BCUT2D eigenvalue weighted by molar-refractivity contribution is -0.384. The van der Waals surface area contributed by atoms with E-state index in [1.165, 1.54) is 17.0 Å². The van der Waals surface area contributed by atoms with Crippen molar-refractivity contribution >= 4 is 29.1 Å². The lowest BCUT2D eigenvalue weighted by Gasteiger charge is -2.30. The summed E-state index contributed by atoms with van der Waals surface area (Å²) < 4.78 is 0. The summed E-state index contributed by atoms with van der Waals surface area (Å²) in [5, 5.41) is 11.0. The van der Waals surface area contributed by atoms with Gasteiger partial charge in [-0.3, -0.25) is 29.4 Å². The number of anilines is 1. The molecule has 0 radical (unpaired) electrons. The zero-order chi connectivity index (χ0) is 19.1. The van der Waals surface area contributed by atoms with Gasteiger partial charge in [-0.25, -0.2) is 0 Å². The number of hydrogen-bond donors (Lipinski definition) is 0. The van der Waals surface area contributed by atoms with E-state index in [1.54, 1.807) is 30.3 Å². The second kappa shape index (κ2) is 6.31. The second-order valence-corrected chi connectivity index (χ2v) is 6.42. The van der Waals surface area contributed by atoms with Crippen molar-refractivity contribution in [2.45, 2.75) is 12.8 Å². The molecule has 0 aromatic heterocycles. The van der Waals surface area contributed by atoms with Crippen molar-refractivity contribution in [2.24, 2.45) is 0 Å². The maximum atomic E-state index is 12.5. The molecule has 2 aromatic carbocycles. The highest BCUT2D eigenvalue weighted by molar-refractivity contribution is 6.21. The number of imide groups is 1. The van der Waals surface area contributed by atoms with Crippen LogP contribution in [0.2, 0.25) is 0 Å². The number of aryl methyl sites for hydroxylation is 1. The van der Waals surface area contributed by atoms with Gasteiger partial charge >= 0.3 is 0 Å². The Morgan fingerprint density at radius 3 is 2.15 bits per heavy atom. The van der Waals surface area contributed by atoms with Gasteiger partial charge in [-0.1, -0.05) is 12.1 Å². The van der Waals surface area contributed by atoms with Gasteiger partial charge in [-0.2, -0.15) is 0 Å². The summed E-state index contributed by atoms with van der Waals surface area (Å²) in [4.78, 5) is 50.4. The Hall–Kier alpha value is -3.55. The van der Waals surface area contributed by atoms with Gasteiger partial charge in [0.2, 0.25) is 5.91 Å². The van der Waals surface area contributed by atoms with Crippen molar-refractivity contribution in [1.29, 1.82) is 0 Å².